The maximum Gasteiger partial charge on any atom is 0.407 e. The Morgan fingerprint density at radius 2 is 1.97 bits per heavy atom. The van der Waals surface area contributed by atoms with Crippen LogP contribution in [0.1, 0.15) is 12.8 Å². The Kier molecular flexibility index (Phi) is 8.03. The number of rotatable bonds is 9. The summed E-state index contributed by atoms with van der Waals surface area (Å²) in [5.41, 5.74) is 2.08. The molecular weight excluding hydrogens is 524 g/mol. The average molecular weight is 551 g/mol. The van der Waals surface area contributed by atoms with Crippen molar-refractivity contribution < 1.29 is 27.9 Å². The van der Waals surface area contributed by atoms with Crippen molar-refractivity contribution in [3.05, 3.63) is 41.8 Å². The van der Waals surface area contributed by atoms with Crippen molar-refractivity contribution in [2.75, 3.05) is 37.0 Å². The molecule has 1 fully saturated rings. The van der Waals surface area contributed by atoms with Crippen LogP contribution < -0.4 is 15.4 Å². The molecule has 14 heteroatoms. The molecule has 1 aliphatic heterocycles. The summed E-state index contributed by atoms with van der Waals surface area (Å²) >= 11 is 6.48. The maximum absolute atomic E-state index is 11.8. The predicted molar refractivity (Wildman–Crippen MR) is 138 cm³/mol. The lowest BCUT2D eigenvalue weighted by atomic mass is 10.1. The molecule has 0 radical (unpaired) electrons. The second-order valence-corrected chi connectivity index (χ2v) is 11.3. The molecule has 0 spiro atoms. The first-order chi connectivity index (χ1) is 17.6. The van der Waals surface area contributed by atoms with Gasteiger partial charge in [0.25, 0.3) is 0 Å². The quantitative estimate of drug-likeness (QED) is 0.364. The zero-order chi connectivity index (χ0) is 26.6. The molecule has 0 bridgehead atoms. The number of fused-ring (bicyclic) bond motifs is 1. The van der Waals surface area contributed by atoms with Crippen LogP contribution in [0.2, 0.25) is 5.02 Å². The summed E-state index contributed by atoms with van der Waals surface area (Å²) in [5, 5.41) is 15.3. The second kappa shape index (κ2) is 11.2. The van der Waals surface area contributed by atoms with E-state index in [1.165, 1.54) is 11.2 Å². The topological polar surface area (TPSA) is 156 Å². The van der Waals surface area contributed by atoms with E-state index in [0.717, 1.165) is 6.26 Å². The Bertz CT molecular complexity index is 1400. The van der Waals surface area contributed by atoms with Gasteiger partial charge in [-0.05, 0) is 24.3 Å². The first-order valence-electron chi connectivity index (χ1n) is 11.5. The van der Waals surface area contributed by atoms with Crippen molar-refractivity contribution >= 4 is 56.0 Å². The normalized spacial score (nSPS) is 14.5. The number of likely N-dealkylation sites (tertiary alicyclic amines) is 1. The molecule has 2 aromatic heterocycles. The van der Waals surface area contributed by atoms with Crippen LogP contribution in [0, 0.1) is 0 Å². The van der Waals surface area contributed by atoms with E-state index in [4.69, 9.17) is 21.4 Å². The summed E-state index contributed by atoms with van der Waals surface area (Å²) in [6.07, 6.45) is 4.40. The molecular formula is C23H27ClN6O6S. The third-order valence-corrected chi connectivity index (χ3v) is 6.90. The number of nitrogens with zero attached hydrogens (tertiary/aromatic N) is 4. The Balaban J connectivity index is 1.41. The van der Waals surface area contributed by atoms with Crippen molar-refractivity contribution in [2.24, 2.45) is 0 Å². The molecule has 3 N–H and O–H groups in total. The van der Waals surface area contributed by atoms with Gasteiger partial charge in [0, 0.05) is 57.2 Å². The summed E-state index contributed by atoms with van der Waals surface area (Å²) < 4.78 is 30.4. The molecule has 1 aromatic carbocycles. The standard InChI is InChI=1S/C23H27ClN6O6S/c1-37(34,35)13-20(31)25-7-11-29-10-6-18-21(29)22(27-14-26-18)28-15-2-3-19(17(24)12-15)36-16-4-8-30(9-5-16)23(32)33/h2-3,6,10,12,14,16H,4-5,7-9,11,13H2,1H3,(H,25,31)(H,32,33)(H,26,27,28). The second-order valence-electron chi connectivity index (χ2n) is 8.74. The van der Waals surface area contributed by atoms with Crippen LogP contribution in [-0.2, 0) is 21.2 Å². The number of halogens is 1. The number of ether oxygens (including phenoxy) is 1. The summed E-state index contributed by atoms with van der Waals surface area (Å²) in [4.78, 5) is 32.9. The van der Waals surface area contributed by atoms with Gasteiger partial charge in [0.2, 0.25) is 5.91 Å². The van der Waals surface area contributed by atoms with Crippen LogP contribution in [-0.4, -0.2) is 82.7 Å². The third kappa shape index (κ3) is 7.01. The smallest absolute Gasteiger partial charge is 0.407 e. The van der Waals surface area contributed by atoms with Crippen molar-refractivity contribution in [3.63, 3.8) is 0 Å². The number of carboxylic acid groups (broad SMARTS) is 1. The van der Waals surface area contributed by atoms with Crippen LogP contribution in [0.25, 0.3) is 11.0 Å². The van der Waals surface area contributed by atoms with Crippen LogP contribution in [0.15, 0.2) is 36.8 Å². The summed E-state index contributed by atoms with van der Waals surface area (Å²) in [5.74, 6) is -0.0691. The van der Waals surface area contributed by atoms with E-state index in [-0.39, 0.29) is 12.6 Å². The van der Waals surface area contributed by atoms with Crippen molar-refractivity contribution in [2.45, 2.75) is 25.5 Å². The number of hydrogen-bond acceptors (Lipinski definition) is 8. The van der Waals surface area contributed by atoms with E-state index in [1.54, 1.807) is 18.2 Å². The van der Waals surface area contributed by atoms with E-state index in [0.29, 0.717) is 65.8 Å². The van der Waals surface area contributed by atoms with Crippen molar-refractivity contribution in [3.8, 4) is 5.75 Å². The molecule has 37 heavy (non-hydrogen) atoms. The highest BCUT2D eigenvalue weighted by atomic mass is 35.5. The first kappa shape index (κ1) is 26.5. The number of amides is 2. The lowest BCUT2D eigenvalue weighted by Gasteiger charge is -2.30. The van der Waals surface area contributed by atoms with Gasteiger partial charge in [-0.2, -0.15) is 0 Å². The lowest BCUT2D eigenvalue weighted by Crippen LogP contribution is -2.41. The molecule has 198 valence electrons. The summed E-state index contributed by atoms with van der Waals surface area (Å²) in [6, 6.07) is 7.10. The summed E-state index contributed by atoms with van der Waals surface area (Å²) in [7, 11) is -3.40. The highest BCUT2D eigenvalue weighted by Crippen LogP contribution is 2.32. The number of carbonyl (C=O) groups is 2. The zero-order valence-electron chi connectivity index (χ0n) is 20.1. The van der Waals surface area contributed by atoms with Gasteiger partial charge in [0.05, 0.1) is 10.5 Å². The van der Waals surface area contributed by atoms with Crippen molar-refractivity contribution in [1.82, 2.24) is 24.8 Å². The number of hydrogen-bond donors (Lipinski definition) is 3. The van der Waals surface area contributed by atoms with E-state index in [1.807, 2.05) is 16.8 Å². The number of anilines is 2. The van der Waals surface area contributed by atoms with E-state index in [9.17, 15) is 18.0 Å². The summed E-state index contributed by atoms with van der Waals surface area (Å²) in [6.45, 7) is 1.45. The van der Waals surface area contributed by atoms with Crippen LogP contribution >= 0.6 is 11.6 Å². The van der Waals surface area contributed by atoms with Gasteiger partial charge in [-0.1, -0.05) is 11.6 Å². The zero-order valence-corrected chi connectivity index (χ0v) is 21.6. The number of sulfone groups is 1. The van der Waals surface area contributed by atoms with Crippen LogP contribution in [0.4, 0.5) is 16.3 Å². The molecule has 0 saturated carbocycles. The van der Waals surface area contributed by atoms with E-state index >= 15 is 0 Å². The van der Waals surface area contributed by atoms with Gasteiger partial charge in [0.15, 0.2) is 15.7 Å². The third-order valence-electron chi connectivity index (χ3n) is 5.82. The number of nitrogens with one attached hydrogen (secondary N) is 2. The SMILES string of the molecule is CS(=O)(=O)CC(=O)NCCn1ccc2ncnc(Nc3ccc(OC4CCN(C(=O)O)CC4)c(Cl)c3)c21. The molecule has 3 aromatic rings. The van der Waals surface area contributed by atoms with E-state index < -0.39 is 27.6 Å². The lowest BCUT2D eigenvalue weighted by molar-refractivity contribution is -0.118. The number of piperidine rings is 1. The predicted octanol–water partition coefficient (Wildman–Crippen LogP) is 2.51. The molecule has 2 amide bonds. The van der Waals surface area contributed by atoms with Gasteiger partial charge in [-0.15, -0.1) is 0 Å². The van der Waals surface area contributed by atoms with E-state index in [2.05, 4.69) is 20.6 Å². The molecule has 0 atom stereocenters. The monoisotopic (exact) mass is 550 g/mol. The molecule has 0 aliphatic carbocycles. The highest BCUT2D eigenvalue weighted by molar-refractivity contribution is 7.91. The number of carbonyl (C=O) groups excluding carboxylic acids is 1. The fourth-order valence-electron chi connectivity index (χ4n) is 4.07. The maximum atomic E-state index is 11.8. The minimum absolute atomic E-state index is 0.116. The molecule has 4 rings (SSSR count). The van der Waals surface area contributed by atoms with Gasteiger partial charge in [-0.25, -0.2) is 23.2 Å². The van der Waals surface area contributed by atoms with Gasteiger partial charge in [0.1, 0.15) is 29.5 Å². The average Bonchev–Trinajstić information content (AvgIpc) is 3.24. The Morgan fingerprint density at radius 3 is 2.65 bits per heavy atom. The minimum Gasteiger partial charge on any atom is -0.489 e. The Hall–Kier alpha value is -3.58. The van der Waals surface area contributed by atoms with Gasteiger partial charge in [-0.3, -0.25) is 4.79 Å². The fraction of sp³-hybridized carbons (Fsp3) is 0.391. The van der Waals surface area contributed by atoms with Crippen LogP contribution in [0.5, 0.6) is 5.75 Å². The first-order valence-corrected chi connectivity index (χ1v) is 14.0. The molecule has 12 nitrogen and oxygen atoms in total. The molecule has 1 aliphatic rings. The molecule has 0 unspecified atom stereocenters. The largest absolute Gasteiger partial charge is 0.489 e. The highest BCUT2D eigenvalue weighted by Gasteiger charge is 2.24. The Morgan fingerprint density at radius 1 is 1.22 bits per heavy atom. The minimum atomic E-state index is -3.40. The van der Waals surface area contributed by atoms with Gasteiger partial charge >= 0.3 is 6.09 Å². The van der Waals surface area contributed by atoms with Gasteiger partial charge < -0.3 is 29.9 Å². The van der Waals surface area contributed by atoms with Crippen LogP contribution in [0.3, 0.4) is 0 Å². The Labute approximate surface area is 218 Å². The molecule has 1 saturated heterocycles. The number of benzene rings is 1. The van der Waals surface area contributed by atoms with Crippen molar-refractivity contribution in [1.29, 1.82) is 0 Å². The fourth-order valence-corrected chi connectivity index (χ4v) is 4.87. The molecule has 3 heterocycles. The number of aromatic nitrogens is 3.